The van der Waals surface area contributed by atoms with Gasteiger partial charge in [-0.25, -0.2) is 14.2 Å². The zero-order chi connectivity index (χ0) is 18.0. The van der Waals surface area contributed by atoms with E-state index in [9.17, 15) is 9.18 Å². The van der Waals surface area contributed by atoms with Crippen LogP contribution in [0.4, 0.5) is 9.18 Å². The molecule has 1 N–H and O–H groups in total. The number of carboxylic acid groups (broad SMARTS) is 1. The third kappa shape index (κ3) is 3.60. The number of hydrogen-bond acceptors (Lipinski definition) is 5. The molecule has 3 rings (SSSR count). The predicted octanol–water partition coefficient (Wildman–Crippen LogP) is 5.20. The molecule has 0 bridgehead atoms. The second kappa shape index (κ2) is 6.89. The van der Waals surface area contributed by atoms with Crippen molar-refractivity contribution in [1.29, 1.82) is 5.26 Å². The number of rotatable bonds is 3. The van der Waals surface area contributed by atoms with E-state index in [1.54, 1.807) is 30.3 Å². The molecule has 8 heteroatoms. The maximum Gasteiger partial charge on any atom is 0.513 e. The van der Waals surface area contributed by atoms with E-state index in [1.807, 2.05) is 0 Å². The molecular weight excluding hydrogens is 367 g/mol. The number of nitrogens with zero attached hydrogens (tertiary/aromatic N) is 2. The second-order valence-electron chi connectivity index (χ2n) is 4.84. The van der Waals surface area contributed by atoms with Gasteiger partial charge in [0.1, 0.15) is 11.9 Å². The Balaban J connectivity index is 2.19. The molecule has 0 aliphatic rings. The first-order chi connectivity index (χ1) is 12.0. The second-order valence-corrected chi connectivity index (χ2v) is 6.24. The first-order valence-corrected chi connectivity index (χ1v) is 8.05. The molecule has 0 aliphatic carbocycles. The molecule has 3 aromatic rings. The van der Waals surface area contributed by atoms with Gasteiger partial charge in [-0.1, -0.05) is 35.1 Å². The highest BCUT2D eigenvalue weighted by Crippen LogP contribution is 2.41. The molecule has 0 saturated carbocycles. The van der Waals surface area contributed by atoms with Crippen molar-refractivity contribution < 1.29 is 19.0 Å². The van der Waals surface area contributed by atoms with Gasteiger partial charge >= 0.3 is 6.16 Å². The topological polar surface area (TPSA) is 83.2 Å². The molecule has 0 unspecified atom stereocenters. The lowest BCUT2D eigenvalue weighted by Crippen LogP contribution is -2.02. The summed E-state index contributed by atoms with van der Waals surface area (Å²) in [5.41, 5.74) is 1.40. The molecule has 25 heavy (non-hydrogen) atoms. The average Bonchev–Trinajstić information content (AvgIpc) is 2.98. The molecule has 0 radical (unpaired) electrons. The van der Waals surface area contributed by atoms with Crippen LogP contribution in [0, 0.1) is 17.1 Å². The maximum atomic E-state index is 13.6. The standard InChI is InChI=1S/C17H8ClFN2O3S/c18-12-3-1-2-10(7-12)15-14(21-16(25-15)24-17(22)23)9-4-5-13(19)11(6-9)8-20/h1-7H,(H,22,23). The highest BCUT2D eigenvalue weighted by atomic mass is 35.5. The largest absolute Gasteiger partial charge is 0.513 e. The van der Waals surface area contributed by atoms with Crippen LogP contribution in [-0.4, -0.2) is 16.2 Å². The third-order valence-electron chi connectivity index (χ3n) is 3.23. The first-order valence-electron chi connectivity index (χ1n) is 6.85. The average molecular weight is 375 g/mol. The SMILES string of the molecule is N#Cc1cc(-c2nc(OC(=O)O)sc2-c2cccc(Cl)c2)ccc1F. The van der Waals surface area contributed by atoms with Crippen molar-refractivity contribution in [2.75, 3.05) is 0 Å². The van der Waals surface area contributed by atoms with E-state index < -0.39 is 12.0 Å². The van der Waals surface area contributed by atoms with Gasteiger partial charge in [0.05, 0.1) is 16.1 Å². The predicted molar refractivity (Wildman–Crippen MR) is 91.3 cm³/mol. The first kappa shape index (κ1) is 16.9. The Morgan fingerprint density at radius 3 is 2.76 bits per heavy atom. The van der Waals surface area contributed by atoms with Gasteiger partial charge in [-0.15, -0.1) is 0 Å². The van der Waals surface area contributed by atoms with Gasteiger partial charge in [0.2, 0.25) is 0 Å². The highest BCUT2D eigenvalue weighted by Gasteiger charge is 2.19. The minimum atomic E-state index is -1.49. The zero-order valence-corrected chi connectivity index (χ0v) is 13.9. The maximum absolute atomic E-state index is 13.6. The molecule has 5 nitrogen and oxygen atoms in total. The van der Waals surface area contributed by atoms with Gasteiger partial charge in [-0.05, 0) is 35.9 Å². The third-order valence-corrected chi connectivity index (χ3v) is 4.45. The van der Waals surface area contributed by atoms with E-state index in [-0.39, 0.29) is 10.8 Å². The summed E-state index contributed by atoms with van der Waals surface area (Å²) in [5.74, 6) is -0.646. The van der Waals surface area contributed by atoms with Crippen molar-refractivity contribution in [1.82, 2.24) is 4.98 Å². The van der Waals surface area contributed by atoms with Crippen molar-refractivity contribution in [3.63, 3.8) is 0 Å². The van der Waals surface area contributed by atoms with Crippen molar-refractivity contribution in [3.05, 3.63) is 58.9 Å². The van der Waals surface area contributed by atoms with E-state index in [0.29, 0.717) is 26.7 Å². The summed E-state index contributed by atoms with van der Waals surface area (Å²) in [4.78, 5) is 15.6. The molecule has 0 spiro atoms. The summed E-state index contributed by atoms with van der Waals surface area (Å²) in [6.45, 7) is 0. The van der Waals surface area contributed by atoms with Gasteiger partial charge in [-0.3, -0.25) is 0 Å². The Bertz CT molecular complexity index is 1010. The van der Waals surface area contributed by atoms with Crippen LogP contribution in [0.3, 0.4) is 0 Å². The lowest BCUT2D eigenvalue weighted by molar-refractivity contribution is 0.144. The van der Waals surface area contributed by atoms with E-state index >= 15 is 0 Å². The molecule has 124 valence electrons. The molecule has 0 aliphatic heterocycles. The van der Waals surface area contributed by atoms with Crippen LogP contribution in [0.25, 0.3) is 21.7 Å². The van der Waals surface area contributed by atoms with E-state index in [4.69, 9.17) is 22.0 Å². The van der Waals surface area contributed by atoms with Crippen molar-refractivity contribution in [2.45, 2.75) is 0 Å². The number of thiazole rings is 1. The van der Waals surface area contributed by atoms with Crippen LogP contribution in [0.1, 0.15) is 5.56 Å². The number of halogens is 2. The molecule has 1 aromatic heterocycles. The molecule has 1 heterocycles. The van der Waals surface area contributed by atoms with Crippen LogP contribution >= 0.6 is 22.9 Å². The fourth-order valence-corrected chi connectivity index (χ4v) is 3.32. The fraction of sp³-hybridized carbons (Fsp3) is 0. The zero-order valence-electron chi connectivity index (χ0n) is 12.4. The Labute approximate surface area is 150 Å². The normalized spacial score (nSPS) is 10.3. The lowest BCUT2D eigenvalue weighted by Gasteiger charge is -2.04. The van der Waals surface area contributed by atoms with Crippen molar-refractivity contribution in [3.8, 4) is 33.0 Å². The van der Waals surface area contributed by atoms with E-state index in [2.05, 4.69) is 9.72 Å². The molecule has 0 atom stereocenters. The fourth-order valence-electron chi connectivity index (χ4n) is 2.20. The van der Waals surface area contributed by atoms with Gasteiger partial charge in [0, 0.05) is 10.6 Å². The summed E-state index contributed by atoms with van der Waals surface area (Å²) in [6.07, 6.45) is -1.49. The number of aromatic nitrogens is 1. The van der Waals surface area contributed by atoms with Gasteiger partial charge < -0.3 is 9.84 Å². The molecule has 0 fully saturated rings. The summed E-state index contributed by atoms with van der Waals surface area (Å²) >= 11 is 7.03. The van der Waals surface area contributed by atoms with Crippen molar-refractivity contribution >= 4 is 29.1 Å². The van der Waals surface area contributed by atoms with Gasteiger partial charge in [0.15, 0.2) is 0 Å². The Morgan fingerprint density at radius 1 is 1.28 bits per heavy atom. The summed E-state index contributed by atoms with van der Waals surface area (Å²) in [6, 6.07) is 12.7. The van der Waals surface area contributed by atoms with Crippen molar-refractivity contribution in [2.24, 2.45) is 0 Å². The van der Waals surface area contributed by atoms with Gasteiger partial charge in [0.25, 0.3) is 5.19 Å². The van der Waals surface area contributed by atoms with Crippen LogP contribution in [0.5, 0.6) is 5.19 Å². The van der Waals surface area contributed by atoms with Gasteiger partial charge in [-0.2, -0.15) is 5.26 Å². The Morgan fingerprint density at radius 2 is 2.08 bits per heavy atom. The van der Waals surface area contributed by atoms with Crippen LogP contribution in [-0.2, 0) is 0 Å². The summed E-state index contributed by atoms with van der Waals surface area (Å²) in [5, 5.41) is 18.2. The summed E-state index contributed by atoms with van der Waals surface area (Å²) < 4.78 is 18.2. The summed E-state index contributed by atoms with van der Waals surface area (Å²) in [7, 11) is 0. The Kier molecular flexibility index (Phi) is 4.65. The lowest BCUT2D eigenvalue weighted by atomic mass is 10.0. The van der Waals surface area contributed by atoms with Crippen LogP contribution in [0.15, 0.2) is 42.5 Å². The number of hydrogen-bond donors (Lipinski definition) is 1. The monoisotopic (exact) mass is 374 g/mol. The van der Waals surface area contributed by atoms with Crippen LogP contribution in [0.2, 0.25) is 5.02 Å². The number of ether oxygens (including phenoxy) is 1. The molecule has 0 amide bonds. The molecular formula is C17H8ClFN2O3S. The van der Waals surface area contributed by atoms with Crippen LogP contribution < -0.4 is 4.74 Å². The number of carbonyl (C=O) groups is 1. The van der Waals surface area contributed by atoms with E-state index in [0.717, 1.165) is 17.4 Å². The minimum Gasteiger partial charge on any atom is -0.449 e. The Hall–Kier alpha value is -2.95. The quantitative estimate of drug-likeness (QED) is 0.637. The smallest absolute Gasteiger partial charge is 0.449 e. The number of benzene rings is 2. The van der Waals surface area contributed by atoms with E-state index in [1.165, 1.54) is 12.1 Å². The molecule has 0 saturated heterocycles. The minimum absolute atomic E-state index is 0.0830. The number of nitriles is 1. The molecule has 2 aromatic carbocycles. The highest BCUT2D eigenvalue weighted by molar-refractivity contribution is 7.17.